The lowest BCUT2D eigenvalue weighted by atomic mass is 10.1. The van der Waals surface area contributed by atoms with E-state index >= 15 is 0 Å². The number of carboxylic acid groups (broad SMARTS) is 2. The molecule has 0 fully saturated rings. The molecule has 0 unspecified atom stereocenters. The van der Waals surface area contributed by atoms with Crippen molar-refractivity contribution in [3.63, 3.8) is 0 Å². The molecule has 0 amide bonds. The number of halogens is 2. The van der Waals surface area contributed by atoms with Crippen LogP contribution in [0, 0.1) is 13.8 Å². The van der Waals surface area contributed by atoms with Crippen molar-refractivity contribution in [3.8, 4) is 0 Å². The van der Waals surface area contributed by atoms with Crippen molar-refractivity contribution in [1.29, 1.82) is 0 Å². The molecule has 0 spiro atoms. The second-order valence-corrected chi connectivity index (χ2v) is 8.99. The minimum Gasteiger partial charge on any atom is -0.481 e. The minimum absolute atomic E-state index is 0.0642. The van der Waals surface area contributed by atoms with Crippen molar-refractivity contribution in [2.75, 3.05) is 10.6 Å². The Labute approximate surface area is 225 Å². The third kappa shape index (κ3) is 7.49. The summed E-state index contributed by atoms with van der Waals surface area (Å²) < 4.78 is 0. The molecule has 8 heteroatoms. The minimum atomic E-state index is -0.927. The molecule has 0 aliphatic carbocycles. The van der Waals surface area contributed by atoms with E-state index in [0.29, 0.717) is 32.7 Å². The Bertz CT molecular complexity index is 1400. The van der Waals surface area contributed by atoms with E-state index in [9.17, 15) is 9.59 Å². The van der Waals surface area contributed by atoms with Crippen molar-refractivity contribution >= 4 is 57.9 Å². The van der Waals surface area contributed by atoms with Crippen molar-refractivity contribution in [2.24, 2.45) is 0 Å². The summed E-state index contributed by atoms with van der Waals surface area (Å²) in [6, 6.07) is 25.2. The zero-order valence-corrected chi connectivity index (χ0v) is 21.8. The van der Waals surface area contributed by atoms with Gasteiger partial charge in [0.2, 0.25) is 0 Å². The van der Waals surface area contributed by atoms with Gasteiger partial charge in [0.25, 0.3) is 0 Å². The number of carboxylic acids is 2. The van der Waals surface area contributed by atoms with Gasteiger partial charge in [-0.15, -0.1) is 0 Å². The number of anilines is 4. The van der Waals surface area contributed by atoms with Crippen molar-refractivity contribution in [1.82, 2.24) is 0 Å². The number of para-hydroxylation sites is 3. The normalized spacial score (nSPS) is 10.2. The average Bonchev–Trinajstić information content (AvgIpc) is 2.86. The van der Waals surface area contributed by atoms with Gasteiger partial charge in [-0.3, -0.25) is 4.79 Å². The van der Waals surface area contributed by atoms with Crippen LogP contribution >= 0.6 is 23.2 Å². The van der Waals surface area contributed by atoms with Crippen LogP contribution in [-0.4, -0.2) is 22.2 Å². The van der Waals surface area contributed by atoms with Gasteiger partial charge in [-0.1, -0.05) is 71.7 Å². The smallest absolute Gasteiger partial charge is 0.337 e. The Morgan fingerprint density at radius 1 is 0.703 bits per heavy atom. The molecule has 0 saturated heterocycles. The Morgan fingerprint density at radius 2 is 1.27 bits per heavy atom. The first-order chi connectivity index (χ1) is 17.7. The predicted octanol–water partition coefficient (Wildman–Crippen LogP) is 8.11. The van der Waals surface area contributed by atoms with E-state index in [2.05, 4.69) is 10.6 Å². The fourth-order valence-electron chi connectivity index (χ4n) is 3.52. The van der Waals surface area contributed by atoms with Gasteiger partial charge in [0, 0.05) is 11.4 Å². The van der Waals surface area contributed by atoms with E-state index in [1.165, 1.54) is 5.56 Å². The maximum absolute atomic E-state index is 11.1. The SMILES string of the molecule is Cc1cccc(Nc2ccccc2C(=O)O)c1C.O=C(O)Cc1ccccc1Nc1c(Cl)cccc1Cl. The van der Waals surface area contributed by atoms with Gasteiger partial charge < -0.3 is 20.8 Å². The second-order valence-electron chi connectivity index (χ2n) is 8.17. The fourth-order valence-corrected chi connectivity index (χ4v) is 4.01. The summed E-state index contributed by atoms with van der Waals surface area (Å²) in [6.45, 7) is 4.05. The van der Waals surface area contributed by atoms with Crippen LogP contribution in [0.1, 0.15) is 27.0 Å². The molecule has 4 aromatic carbocycles. The summed E-state index contributed by atoms with van der Waals surface area (Å²) in [6.07, 6.45) is -0.0642. The number of benzene rings is 4. The molecule has 190 valence electrons. The molecule has 0 aliphatic heterocycles. The second kappa shape index (κ2) is 12.8. The van der Waals surface area contributed by atoms with Gasteiger partial charge in [0.1, 0.15) is 0 Å². The highest BCUT2D eigenvalue weighted by atomic mass is 35.5. The molecule has 0 aliphatic rings. The summed E-state index contributed by atoms with van der Waals surface area (Å²) in [5.41, 5.74) is 6.04. The van der Waals surface area contributed by atoms with Gasteiger partial charge in [-0.25, -0.2) is 4.79 Å². The molecule has 4 N–H and O–H groups in total. The lowest BCUT2D eigenvalue weighted by molar-refractivity contribution is -0.136. The number of aryl methyl sites for hydroxylation is 1. The lowest BCUT2D eigenvalue weighted by Gasteiger charge is -2.13. The van der Waals surface area contributed by atoms with Crippen LogP contribution in [0.15, 0.2) is 84.9 Å². The molecule has 0 radical (unpaired) electrons. The number of rotatable bonds is 7. The molecular formula is C29H26Cl2N2O4. The number of hydrogen-bond donors (Lipinski definition) is 4. The highest BCUT2D eigenvalue weighted by Gasteiger charge is 2.11. The molecular weight excluding hydrogens is 511 g/mol. The van der Waals surface area contributed by atoms with Crippen LogP contribution in [0.5, 0.6) is 0 Å². The lowest BCUT2D eigenvalue weighted by Crippen LogP contribution is -2.04. The molecule has 6 nitrogen and oxygen atoms in total. The average molecular weight is 537 g/mol. The van der Waals surface area contributed by atoms with Crippen LogP contribution in [0.25, 0.3) is 0 Å². The van der Waals surface area contributed by atoms with E-state index < -0.39 is 11.9 Å². The molecule has 0 atom stereocenters. The molecule has 0 heterocycles. The highest BCUT2D eigenvalue weighted by Crippen LogP contribution is 2.33. The number of aliphatic carboxylic acids is 1. The van der Waals surface area contributed by atoms with Crippen molar-refractivity contribution in [2.45, 2.75) is 20.3 Å². The Kier molecular flexibility index (Phi) is 9.55. The summed E-state index contributed by atoms with van der Waals surface area (Å²) >= 11 is 12.1. The van der Waals surface area contributed by atoms with Crippen LogP contribution < -0.4 is 10.6 Å². The third-order valence-corrected chi connectivity index (χ3v) is 6.24. The topological polar surface area (TPSA) is 98.7 Å². The monoisotopic (exact) mass is 536 g/mol. The van der Waals surface area contributed by atoms with E-state index in [1.54, 1.807) is 54.6 Å². The number of carbonyl (C=O) groups is 2. The number of nitrogens with one attached hydrogen (secondary N) is 2. The Morgan fingerprint density at radius 3 is 1.92 bits per heavy atom. The van der Waals surface area contributed by atoms with Gasteiger partial charge in [-0.2, -0.15) is 0 Å². The Hall–Kier alpha value is -4.00. The number of aromatic carboxylic acids is 1. The maximum Gasteiger partial charge on any atom is 0.337 e. The van der Waals surface area contributed by atoms with Gasteiger partial charge in [0.15, 0.2) is 0 Å². The van der Waals surface area contributed by atoms with E-state index in [0.717, 1.165) is 11.3 Å². The van der Waals surface area contributed by atoms with Crippen molar-refractivity contribution < 1.29 is 19.8 Å². The summed E-state index contributed by atoms with van der Waals surface area (Å²) in [7, 11) is 0. The van der Waals surface area contributed by atoms with Crippen LogP contribution in [0.2, 0.25) is 10.0 Å². The van der Waals surface area contributed by atoms with Crippen molar-refractivity contribution in [3.05, 3.63) is 117 Å². The van der Waals surface area contributed by atoms with E-state index in [-0.39, 0.29) is 12.0 Å². The van der Waals surface area contributed by atoms with Gasteiger partial charge in [0.05, 0.1) is 33.4 Å². The molecule has 4 aromatic rings. The molecule has 0 bridgehead atoms. The Balaban J connectivity index is 0.000000206. The summed E-state index contributed by atoms with van der Waals surface area (Å²) in [5.74, 6) is -1.82. The first-order valence-electron chi connectivity index (χ1n) is 11.3. The predicted molar refractivity (Wildman–Crippen MR) is 150 cm³/mol. The van der Waals surface area contributed by atoms with E-state index in [4.69, 9.17) is 33.4 Å². The summed E-state index contributed by atoms with van der Waals surface area (Å²) in [4.78, 5) is 22.0. The molecule has 37 heavy (non-hydrogen) atoms. The molecule has 4 rings (SSSR count). The quantitative estimate of drug-likeness (QED) is 0.190. The zero-order valence-electron chi connectivity index (χ0n) is 20.3. The van der Waals surface area contributed by atoms with Gasteiger partial charge >= 0.3 is 11.9 Å². The first-order valence-corrected chi connectivity index (χ1v) is 12.1. The maximum atomic E-state index is 11.1. The van der Waals surface area contributed by atoms with Crippen LogP contribution in [-0.2, 0) is 11.2 Å². The largest absolute Gasteiger partial charge is 0.481 e. The first kappa shape index (κ1) is 27.6. The zero-order chi connectivity index (χ0) is 26.9. The molecule has 0 aromatic heterocycles. The standard InChI is InChI=1S/C15H15NO2.C14H11Cl2NO2/c1-10-6-5-9-13(11(10)2)16-14-8-4-3-7-12(14)15(17)18;15-10-5-3-6-11(16)14(10)17-12-7-2-1-4-9(12)8-13(18)19/h3-9,16H,1-2H3,(H,17,18);1-7,17H,8H2,(H,18,19). The van der Waals surface area contributed by atoms with Crippen LogP contribution in [0.4, 0.5) is 22.7 Å². The third-order valence-electron chi connectivity index (χ3n) is 5.61. The van der Waals surface area contributed by atoms with E-state index in [1.807, 2.05) is 44.2 Å². The van der Waals surface area contributed by atoms with Crippen LogP contribution in [0.3, 0.4) is 0 Å². The fraction of sp³-hybridized carbons (Fsp3) is 0.103. The highest BCUT2D eigenvalue weighted by molar-refractivity contribution is 6.39. The molecule has 0 saturated carbocycles. The summed E-state index contributed by atoms with van der Waals surface area (Å²) in [5, 5.41) is 25.3. The number of hydrogen-bond acceptors (Lipinski definition) is 4. The van der Waals surface area contributed by atoms with Gasteiger partial charge in [-0.05, 0) is 66.9 Å².